The van der Waals surface area contributed by atoms with Gasteiger partial charge in [0.2, 0.25) is 4.77 Å². The lowest BCUT2D eigenvalue weighted by molar-refractivity contribution is 0.0821. The third-order valence-corrected chi connectivity index (χ3v) is 6.74. The van der Waals surface area contributed by atoms with E-state index in [1.807, 2.05) is 63.8 Å². The topological polar surface area (TPSA) is 47.7 Å². The highest BCUT2D eigenvalue weighted by Gasteiger charge is 2.29. The molecule has 1 aromatic heterocycles. The SMILES string of the molecule is CN1CCC(N(C)Cn2nc([C@H]3COc4ccccc4O3)n(-c3ccccc3)c2=S)CC1. The average molecular weight is 452 g/mol. The summed E-state index contributed by atoms with van der Waals surface area (Å²) in [6, 6.07) is 18.4. The predicted molar refractivity (Wildman–Crippen MR) is 126 cm³/mol. The van der Waals surface area contributed by atoms with Crippen LogP contribution in [0.15, 0.2) is 54.6 Å². The molecule has 168 valence electrons. The summed E-state index contributed by atoms with van der Waals surface area (Å²) >= 11 is 5.91. The summed E-state index contributed by atoms with van der Waals surface area (Å²) in [4.78, 5) is 4.75. The van der Waals surface area contributed by atoms with Crippen molar-refractivity contribution in [3.8, 4) is 17.2 Å². The highest BCUT2D eigenvalue weighted by molar-refractivity contribution is 7.71. The molecule has 0 aliphatic carbocycles. The molecule has 5 rings (SSSR count). The fraction of sp³-hybridized carbons (Fsp3) is 0.417. The molecule has 0 saturated carbocycles. The van der Waals surface area contributed by atoms with Gasteiger partial charge in [0.25, 0.3) is 0 Å². The molecule has 3 heterocycles. The second-order valence-electron chi connectivity index (χ2n) is 8.61. The minimum absolute atomic E-state index is 0.346. The summed E-state index contributed by atoms with van der Waals surface area (Å²) in [7, 11) is 4.35. The van der Waals surface area contributed by atoms with Crippen molar-refractivity contribution in [3.05, 3.63) is 65.2 Å². The van der Waals surface area contributed by atoms with Crippen LogP contribution in [0.25, 0.3) is 5.69 Å². The van der Waals surface area contributed by atoms with E-state index in [0.717, 1.165) is 48.9 Å². The summed E-state index contributed by atoms with van der Waals surface area (Å²) in [5, 5.41) is 4.95. The monoisotopic (exact) mass is 451 g/mol. The number of hydrogen-bond acceptors (Lipinski definition) is 6. The average Bonchev–Trinajstić information content (AvgIpc) is 3.15. The van der Waals surface area contributed by atoms with Gasteiger partial charge in [-0.05, 0) is 76.5 Å². The fourth-order valence-electron chi connectivity index (χ4n) is 4.45. The van der Waals surface area contributed by atoms with Crippen LogP contribution in [0, 0.1) is 4.77 Å². The summed E-state index contributed by atoms with van der Waals surface area (Å²) in [6.45, 7) is 3.28. The first kappa shape index (κ1) is 21.2. The maximum absolute atomic E-state index is 6.29. The van der Waals surface area contributed by atoms with E-state index in [4.69, 9.17) is 26.8 Å². The Balaban J connectivity index is 1.47. The number of piperidine rings is 1. The standard InChI is InChI=1S/C24H29N5O2S/c1-26-14-12-18(13-15-26)27(2)17-28-24(32)29(19-8-4-3-5-9-19)23(25-28)22-16-30-20-10-6-7-11-21(20)31-22/h3-11,18,22H,12-17H2,1-2H3/t22-/m1/s1. The lowest BCUT2D eigenvalue weighted by Crippen LogP contribution is -2.42. The molecular formula is C24H29N5O2S. The third kappa shape index (κ3) is 4.18. The Morgan fingerprint density at radius 3 is 2.47 bits per heavy atom. The summed E-state index contributed by atoms with van der Waals surface area (Å²) in [5.74, 6) is 2.25. The van der Waals surface area contributed by atoms with Crippen molar-refractivity contribution in [2.24, 2.45) is 0 Å². The van der Waals surface area contributed by atoms with Crippen LogP contribution in [0.5, 0.6) is 11.5 Å². The number of ether oxygens (including phenoxy) is 2. The van der Waals surface area contributed by atoms with Gasteiger partial charge in [0.05, 0.1) is 6.67 Å². The van der Waals surface area contributed by atoms with Crippen molar-refractivity contribution in [3.63, 3.8) is 0 Å². The first-order valence-electron chi connectivity index (χ1n) is 11.1. The van der Waals surface area contributed by atoms with E-state index < -0.39 is 0 Å². The van der Waals surface area contributed by atoms with Gasteiger partial charge in [-0.25, -0.2) is 4.68 Å². The van der Waals surface area contributed by atoms with E-state index in [9.17, 15) is 0 Å². The number of nitrogens with zero attached hydrogens (tertiary/aromatic N) is 5. The number of para-hydroxylation sites is 3. The quantitative estimate of drug-likeness (QED) is 0.549. The van der Waals surface area contributed by atoms with Crippen molar-refractivity contribution < 1.29 is 9.47 Å². The van der Waals surface area contributed by atoms with Gasteiger partial charge >= 0.3 is 0 Å². The van der Waals surface area contributed by atoms with E-state index in [1.54, 1.807) is 0 Å². The molecule has 8 heteroatoms. The van der Waals surface area contributed by atoms with Crippen LogP contribution in [0.1, 0.15) is 24.8 Å². The summed E-state index contributed by atoms with van der Waals surface area (Å²) in [5.41, 5.74) is 0.975. The zero-order valence-electron chi connectivity index (χ0n) is 18.6. The highest BCUT2D eigenvalue weighted by Crippen LogP contribution is 2.36. The van der Waals surface area contributed by atoms with Gasteiger partial charge in [-0.1, -0.05) is 30.3 Å². The Kier molecular flexibility index (Phi) is 5.99. The van der Waals surface area contributed by atoms with Crippen LogP contribution in [0.2, 0.25) is 0 Å². The van der Waals surface area contributed by atoms with E-state index in [1.165, 1.54) is 0 Å². The largest absolute Gasteiger partial charge is 0.485 e. The molecule has 0 N–H and O–H groups in total. The molecule has 2 aromatic carbocycles. The Morgan fingerprint density at radius 1 is 1.03 bits per heavy atom. The molecule has 2 aliphatic heterocycles. The zero-order chi connectivity index (χ0) is 22.1. The van der Waals surface area contributed by atoms with Gasteiger partial charge in [-0.3, -0.25) is 9.47 Å². The highest BCUT2D eigenvalue weighted by atomic mass is 32.1. The van der Waals surface area contributed by atoms with Crippen molar-refractivity contribution >= 4 is 12.2 Å². The maximum Gasteiger partial charge on any atom is 0.203 e. The van der Waals surface area contributed by atoms with Crippen molar-refractivity contribution in [1.82, 2.24) is 24.1 Å². The van der Waals surface area contributed by atoms with E-state index >= 15 is 0 Å². The summed E-state index contributed by atoms with van der Waals surface area (Å²) < 4.78 is 16.9. The maximum atomic E-state index is 6.29. The molecule has 7 nitrogen and oxygen atoms in total. The molecule has 0 radical (unpaired) electrons. The van der Waals surface area contributed by atoms with Crippen LogP contribution in [0.3, 0.4) is 0 Å². The Bertz CT molecular complexity index is 1120. The van der Waals surface area contributed by atoms with Crippen molar-refractivity contribution in [2.45, 2.75) is 31.7 Å². The van der Waals surface area contributed by atoms with Gasteiger partial charge < -0.3 is 14.4 Å². The molecule has 1 saturated heterocycles. The number of rotatable bonds is 5. The number of aromatic nitrogens is 3. The molecule has 1 atom stereocenters. The van der Waals surface area contributed by atoms with E-state index in [-0.39, 0.29) is 6.10 Å². The lowest BCUT2D eigenvalue weighted by Gasteiger charge is -2.34. The van der Waals surface area contributed by atoms with E-state index in [2.05, 4.69) is 23.9 Å². The summed E-state index contributed by atoms with van der Waals surface area (Å²) in [6.07, 6.45) is 1.97. The molecule has 0 amide bonds. The Labute approximate surface area is 193 Å². The van der Waals surface area contributed by atoms with Crippen LogP contribution in [0.4, 0.5) is 0 Å². The molecular weight excluding hydrogens is 422 g/mol. The molecule has 3 aromatic rings. The molecule has 0 spiro atoms. The number of fused-ring (bicyclic) bond motifs is 1. The van der Waals surface area contributed by atoms with Crippen molar-refractivity contribution in [2.75, 3.05) is 33.8 Å². The van der Waals surface area contributed by atoms with Crippen LogP contribution >= 0.6 is 12.2 Å². The smallest absolute Gasteiger partial charge is 0.203 e. The molecule has 1 fully saturated rings. The van der Waals surface area contributed by atoms with Crippen LogP contribution in [-0.4, -0.2) is 64.0 Å². The van der Waals surface area contributed by atoms with Gasteiger partial charge in [0.15, 0.2) is 23.4 Å². The molecule has 32 heavy (non-hydrogen) atoms. The fourth-order valence-corrected chi connectivity index (χ4v) is 4.75. The second-order valence-corrected chi connectivity index (χ2v) is 8.97. The third-order valence-electron chi connectivity index (χ3n) is 6.34. The minimum atomic E-state index is -0.346. The van der Waals surface area contributed by atoms with Gasteiger partial charge in [-0.2, -0.15) is 5.10 Å². The normalized spacial score (nSPS) is 19.4. The van der Waals surface area contributed by atoms with Gasteiger partial charge in [0, 0.05) is 11.7 Å². The van der Waals surface area contributed by atoms with Gasteiger partial charge in [-0.15, -0.1) is 0 Å². The Morgan fingerprint density at radius 2 is 1.72 bits per heavy atom. The molecule has 0 unspecified atom stereocenters. The van der Waals surface area contributed by atoms with Crippen LogP contribution in [-0.2, 0) is 6.67 Å². The van der Waals surface area contributed by atoms with Crippen LogP contribution < -0.4 is 9.47 Å². The second kappa shape index (κ2) is 9.05. The van der Waals surface area contributed by atoms with Gasteiger partial charge in [0.1, 0.15) is 6.61 Å². The first-order chi connectivity index (χ1) is 15.6. The number of benzene rings is 2. The minimum Gasteiger partial charge on any atom is -0.485 e. The van der Waals surface area contributed by atoms with Crippen molar-refractivity contribution in [1.29, 1.82) is 0 Å². The number of likely N-dealkylation sites (tertiary alicyclic amines) is 1. The first-order valence-corrected chi connectivity index (χ1v) is 11.5. The number of hydrogen-bond donors (Lipinski definition) is 0. The molecule has 2 aliphatic rings. The zero-order valence-corrected chi connectivity index (χ0v) is 19.4. The lowest BCUT2D eigenvalue weighted by atomic mass is 10.0. The molecule has 0 bridgehead atoms. The predicted octanol–water partition coefficient (Wildman–Crippen LogP) is 3.90. The Hall–Kier alpha value is -2.68. The van der Waals surface area contributed by atoms with E-state index in [0.29, 0.717) is 24.1 Å².